The van der Waals surface area contributed by atoms with Crippen LogP contribution in [0.4, 0.5) is 0 Å². The molecule has 17 heavy (non-hydrogen) atoms. The molecule has 2 aromatic rings. The van der Waals surface area contributed by atoms with Crippen LogP contribution in [0.1, 0.15) is 24.3 Å². The van der Waals surface area contributed by atoms with E-state index in [9.17, 15) is 4.79 Å². The van der Waals surface area contributed by atoms with E-state index in [1.807, 2.05) is 6.07 Å². The summed E-state index contributed by atoms with van der Waals surface area (Å²) in [6.07, 6.45) is 2.30. The average Bonchev–Trinajstić information content (AvgIpc) is 2.39. The van der Waals surface area contributed by atoms with Crippen LogP contribution in [0.15, 0.2) is 35.1 Å². The van der Waals surface area contributed by atoms with Crippen LogP contribution < -0.4 is 10.9 Å². The van der Waals surface area contributed by atoms with E-state index in [1.54, 1.807) is 6.07 Å². The number of aromatic nitrogens is 1. The molecule has 88 valence electrons. The molecule has 1 aliphatic rings. The molecule has 2 heterocycles. The lowest BCUT2D eigenvalue weighted by Crippen LogP contribution is -2.26. The second kappa shape index (κ2) is 4.34. The minimum absolute atomic E-state index is 0.0149. The highest BCUT2D eigenvalue weighted by atomic mass is 16.1. The van der Waals surface area contributed by atoms with Gasteiger partial charge in [-0.25, -0.2) is 0 Å². The van der Waals surface area contributed by atoms with Gasteiger partial charge in [0.1, 0.15) is 0 Å². The summed E-state index contributed by atoms with van der Waals surface area (Å²) in [5, 5.41) is 4.50. The molecule has 0 radical (unpaired) electrons. The van der Waals surface area contributed by atoms with Gasteiger partial charge in [0, 0.05) is 6.07 Å². The summed E-state index contributed by atoms with van der Waals surface area (Å²) in [7, 11) is 0. The second-order valence-corrected chi connectivity index (χ2v) is 4.66. The number of rotatable bonds is 1. The number of hydrogen-bond acceptors (Lipinski definition) is 2. The summed E-state index contributed by atoms with van der Waals surface area (Å²) in [5.41, 5.74) is 2.30. The van der Waals surface area contributed by atoms with Crippen LogP contribution in [-0.4, -0.2) is 18.1 Å². The molecule has 0 amide bonds. The number of hydrogen-bond donors (Lipinski definition) is 2. The fourth-order valence-electron chi connectivity index (χ4n) is 2.68. The molecule has 1 saturated heterocycles. The lowest BCUT2D eigenvalue weighted by Gasteiger charge is -2.23. The molecule has 0 atom stereocenters. The van der Waals surface area contributed by atoms with Gasteiger partial charge in [0.2, 0.25) is 5.56 Å². The smallest absolute Gasteiger partial charge is 0.248 e. The summed E-state index contributed by atoms with van der Waals surface area (Å²) in [6.45, 7) is 2.14. The van der Waals surface area contributed by atoms with Crippen LogP contribution in [0.2, 0.25) is 0 Å². The molecular formula is C14H16N2O. The predicted molar refractivity (Wildman–Crippen MR) is 69.4 cm³/mol. The van der Waals surface area contributed by atoms with Gasteiger partial charge >= 0.3 is 0 Å². The number of nitrogens with one attached hydrogen (secondary N) is 2. The van der Waals surface area contributed by atoms with E-state index >= 15 is 0 Å². The number of para-hydroxylation sites is 1. The maximum Gasteiger partial charge on any atom is 0.248 e. The van der Waals surface area contributed by atoms with Crippen molar-refractivity contribution in [2.24, 2.45) is 0 Å². The van der Waals surface area contributed by atoms with E-state index in [-0.39, 0.29) is 5.56 Å². The Morgan fingerprint density at radius 3 is 2.71 bits per heavy atom. The molecule has 3 nitrogen and oxygen atoms in total. The van der Waals surface area contributed by atoms with Crippen LogP contribution in [0.5, 0.6) is 0 Å². The second-order valence-electron chi connectivity index (χ2n) is 4.66. The number of piperidine rings is 1. The molecule has 0 aliphatic carbocycles. The largest absolute Gasteiger partial charge is 0.322 e. The van der Waals surface area contributed by atoms with E-state index in [4.69, 9.17) is 0 Å². The van der Waals surface area contributed by atoms with Crippen molar-refractivity contribution < 1.29 is 0 Å². The monoisotopic (exact) mass is 228 g/mol. The highest BCUT2D eigenvalue weighted by molar-refractivity contribution is 5.82. The van der Waals surface area contributed by atoms with Gasteiger partial charge in [0.15, 0.2) is 0 Å². The fraction of sp³-hybridized carbons (Fsp3) is 0.357. The van der Waals surface area contributed by atoms with Crippen LogP contribution >= 0.6 is 0 Å². The fourth-order valence-corrected chi connectivity index (χ4v) is 2.68. The molecule has 1 aromatic heterocycles. The molecule has 2 N–H and O–H groups in total. The van der Waals surface area contributed by atoms with Crippen LogP contribution in [0.3, 0.4) is 0 Å². The molecule has 3 heteroatoms. The van der Waals surface area contributed by atoms with Gasteiger partial charge in [0.25, 0.3) is 0 Å². The van der Waals surface area contributed by atoms with Gasteiger partial charge in [-0.05, 0) is 48.9 Å². The van der Waals surface area contributed by atoms with Crippen molar-refractivity contribution in [3.63, 3.8) is 0 Å². The van der Waals surface area contributed by atoms with Crippen molar-refractivity contribution in [2.75, 3.05) is 13.1 Å². The summed E-state index contributed by atoms with van der Waals surface area (Å²) >= 11 is 0. The van der Waals surface area contributed by atoms with E-state index in [0.717, 1.165) is 36.8 Å². The zero-order valence-corrected chi connectivity index (χ0v) is 9.70. The normalized spacial score (nSPS) is 17.4. The van der Waals surface area contributed by atoms with Crippen molar-refractivity contribution in [1.29, 1.82) is 0 Å². The Kier molecular flexibility index (Phi) is 2.69. The van der Waals surface area contributed by atoms with Crippen molar-refractivity contribution in [3.05, 3.63) is 46.2 Å². The van der Waals surface area contributed by atoms with Crippen LogP contribution in [-0.2, 0) is 0 Å². The summed E-state index contributed by atoms with van der Waals surface area (Å²) in [6, 6.07) is 9.77. The average molecular weight is 228 g/mol. The molecule has 1 fully saturated rings. The zero-order chi connectivity index (χ0) is 11.7. The van der Waals surface area contributed by atoms with E-state index < -0.39 is 0 Å². The first kappa shape index (κ1) is 10.5. The van der Waals surface area contributed by atoms with Crippen LogP contribution in [0, 0.1) is 0 Å². The van der Waals surface area contributed by atoms with Gasteiger partial charge in [-0.15, -0.1) is 0 Å². The van der Waals surface area contributed by atoms with Gasteiger partial charge in [-0.3, -0.25) is 4.79 Å². The summed E-state index contributed by atoms with van der Waals surface area (Å²) < 4.78 is 0. The number of aromatic amines is 1. The Morgan fingerprint density at radius 2 is 1.88 bits per heavy atom. The highest BCUT2D eigenvalue weighted by Gasteiger charge is 2.17. The Morgan fingerprint density at radius 1 is 1.06 bits per heavy atom. The third kappa shape index (κ3) is 1.98. The minimum atomic E-state index is -0.0149. The summed E-state index contributed by atoms with van der Waals surface area (Å²) in [4.78, 5) is 14.4. The van der Waals surface area contributed by atoms with Crippen molar-refractivity contribution in [1.82, 2.24) is 10.3 Å². The first-order chi connectivity index (χ1) is 8.34. The lowest BCUT2D eigenvalue weighted by molar-refractivity contribution is 0.462. The SMILES string of the molecule is O=c1ccc2cccc(C3CCNCC3)c2[nH]1. The van der Waals surface area contributed by atoms with Gasteiger partial charge in [-0.1, -0.05) is 18.2 Å². The van der Waals surface area contributed by atoms with Gasteiger partial charge < -0.3 is 10.3 Å². The van der Waals surface area contributed by atoms with Crippen molar-refractivity contribution in [3.8, 4) is 0 Å². The molecule has 1 aliphatic heterocycles. The number of pyridine rings is 1. The standard InChI is InChI=1S/C14H16N2O/c17-13-5-4-11-2-1-3-12(14(11)16-13)10-6-8-15-9-7-10/h1-5,10,15H,6-9H2,(H,16,17). The summed E-state index contributed by atoms with van der Waals surface area (Å²) in [5.74, 6) is 0.568. The molecule has 3 rings (SSSR count). The predicted octanol–water partition coefficient (Wildman–Crippen LogP) is 2.00. The molecule has 0 bridgehead atoms. The third-order valence-corrected chi connectivity index (χ3v) is 3.57. The number of benzene rings is 1. The first-order valence-electron chi connectivity index (χ1n) is 6.17. The van der Waals surface area contributed by atoms with Crippen LogP contribution in [0.25, 0.3) is 10.9 Å². The molecular weight excluding hydrogens is 212 g/mol. The molecule has 1 aromatic carbocycles. The van der Waals surface area contributed by atoms with E-state index in [0.29, 0.717) is 5.92 Å². The van der Waals surface area contributed by atoms with Crippen molar-refractivity contribution in [2.45, 2.75) is 18.8 Å². The molecule has 0 saturated carbocycles. The maximum absolute atomic E-state index is 11.5. The minimum Gasteiger partial charge on any atom is -0.322 e. The maximum atomic E-state index is 11.5. The lowest BCUT2D eigenvalue weighted by atomic mass is 9.89. The van der Waals surface area contributed by atoms with E-state index in [2.05, 4.69) is 28.5 Å². The number of fused-ring (bicyclic) bond motifs is 1. The van der Waals surface area contributed by atoms with Gasteiger partial charge in [-0.2, -0.15) is 0 Å². The Bertz CT molecular complexity index is 582. The van der Waals surface area contributed by atoms with Gasteiger partial charge in [0.05, 0.1) is 5.52 Å². The molecule has 0 unspecified atom stereocenters. The number of H-pyrrole nitrogens is 1. The Hall–Kier alpha value is -1.61. The van der Waals surface area contributed by atoms with Crippen molar-refractivity contribution >= 4 is 10.9 Å². The Labute approximate surface area is 99.9 Å². The Balaban J connectivity index is 2.14. The van der Waals surface area contributed by atoms with E-state index in [1.165, 1.54) is 5.56 Å². The first-order valence-corrected chi connectivity index (χ1v) is 6.17. The topological polar surface area (TPSA) is 44.9 Å². The zero-order valence-electron chi connectivity index (χ0n) is 9.70. The third-order valence-electron chi connectivity index (χ3n) is 3.57. The molecule has 0 spiro atoms. The quantitative estimate of drug-likeness (QED) is 0.784. The highest BCUT2D eigenvalue weighted by Crippen LogP contribution is 2.29.